The summed E-state index contributed by atoms with van der Waals surface area (Å²) >= 11 is 0. The quantitative estimate of drug-likeness (QED) is 0.716. The Bertz CT molecular complexity index is 1010. The summed E-state index contributed by atoms with van der Waals surface area (Å²) in [5, 5.41) is 11.4. The van der Waals surface area contributed by atoms with Gasteiger partial charge < -0.3 is 9.42 Å². The highest BCUT2D eigenvalue weighted by Gasteiger charge is 2.46. The van der Waals surface area contributed by atoms with E-state index in [-0.39, 0.29) is 11.3 Å². The van der Waals surface area contributed by atoms with Crippen molar-refractivity contribution in [3.8, 4) is 11.5 Å². The topological polar surface area (TPSA) is 101 Å². The van der Waals surface area contributed by atoms with Crippen molar-refractivity contribution in [2.45, 2.75) is 44.4 Å². The van der Waals surface area contributed by atoms with Crippen LogP contribution < -0.4 is 0 Å². The van der Waals surface area contributed by atoms with Crippen molar-refractivity contribution in [1.82, 2.24) is 30.2 Å². The number of rotatable bonds is 5. The first-order valence-corrected chi connectivity index (χ1v) is 10.2. The van der Waals surface area contributed by atoms with E-state index >= 15 is 0 Å². The van der Waals surface area contributed by atoms with Crippen molar-refractivity contribution in [2.75, 3.05) is 13.1 Å². The van der Waals surface area contributed by atoms with Crippen LogP contribution in [0.2, 0.25) is 0 Å². The molecule has 1 saturated heterocycles. The predicted molar refractivity (Wildman–Crippen MR) is 105 cm³/mol. The molecule has 0 bridgehead atoms. The van der Waals surface area contributed by atoms with Gasteiger partial charge in [0.15, 0.2) is 5.82 Å². The largest absolute Gasteiger partial charge is 0.336 e. The number of amides is 1. The van der Waals surface area contributed by atoms with E-state index in [0.717, 1.165) is 37.1 Å². The number of likely N-dealkylation sites (tertiary alicyclic amines) is 1. The molecule has 3 aromatic rings. The molecule has 29 heavy (non-hydrogen) atoms. The number of pyridine rings is 1. The molecule has 1 amide bonds. The molecule has 1 N–H and O–H groups in total. The molecule has 0 spiro atoms. The summed E-state index contributed by atoms with van der Waals surface area (Å²) in [6.07, 6.45) is 8.78. The van der Waals surface area contributed by atoms with Crippen LogP contribution in [-0.2, 0) is 5.41 Å². The fraction of sp³-hybridized carbons (Fsp3) is 0.476. The van der Waals surface area contributed by atoms with E-state index in [1.165, 1.54) is 12.8 Å². The van der Waals surface area contributed by atoms with E-state index < -0.39 is 0 Å². The van der Waals surface area contributed by atoms with Crippen LogP contribution in [0.1, 0.15) is 54.1 Å². The van der Waals surface area contributed by atoms with Crippen molar-refractivity contribution < 1.29 is 9.32 Å². The van der Waals surface area contributed by atoms with E-state index in [9.17, 15) is 4.79 Å². The number of carbonyl (C=O) groups excluding carboxylic acids is 1. The summed E-state index contributed by atoms with van der Waals surface area (Å²) in [7, 11) is 0. The minimum atomic E-state index is -0.273. The van der Waals surface area contributed by atoms with Crippen molar-refractivity contribution in [2.24, 2.45) is 5.92 Å². The molecule has 2 aliphatic rings. The van der Waals surface area contributed by atoms with Crippen LogP contribution in [0.15, 0.2) is 35.1 Å². The molecule has 1 saturated carbocycles. The van der Waals surface area contributed by atoms with E-state index in [2.05, 4.69) is 20.3 Å². The summed E-state index contributed by atoms with van der Waals surface area (Å²) in [5.74, 6) is 1.83. The summed E-state index contributed by atoms with van der Waals surface area (Å²) in [6.45, 7) is 3.22. The van der Waals surface area contributed by atoms with Crippen molar-refractivity contribution in [3.63, 3.8) is 0 Å². The Morgan fingerprint density at radius 3 is 3.03 bits per heavy atom. The lowest BCUT2D eigenvalue weighted by Crippen LogP contribution is -2.49. The van der Waals surface area contributed by atoms with Crippen LogP contribution in [0, 0.1) is 12.8 Å². The Kier molecular flexibility index (Phi) is 4.41. The number of hydrogen-bond donors (Lipinski definition) is 1. The number of aromatic amines is 1. The number of nitrogens with one attached hydrogen (secondary N) is 1. The minimum absolute atomic E-state index is 0.0369. The van der Waals surface area contributed by atoms with Gasteiger partial charge in [0.25, 0.3) is 11.8 Å². The highest BCUT2D eigenvalue weighted by molar-refractivity contribution is 5.92. The zero-order chi connectivity index (χ0) is 19.8. The maximum absolute atomic E-state index is 13.0. The van der Waals surface area contributed by atoms with Gasteiger partial charge in [-0.2, -0.15) is 10.1 Å². The first-order chi connectivity index (χ1) is 14.1. The first kappa shape index (κ1) is 18.0. The molecule has 1 atom stereocenters. The second-order valence-corrected chi connectivity index (χ2v) is 8.36. The summed E-state index contributed by atoms with van der Waals surface area (Å²) in [4.78, 5) is 23.8. The van der Waals surface area contributed by atoms with Gasteiger partial charge in [-0.05, 0) is 50.3 Å². The second kappa shape index (κ2) is 7.09. The molecule has 1 unspecified atom stereocenters. The number of hydrogen-bond acceptors (Lipinski definition) is 6. The highest BCUT2D eigenvalue weighted by atomic mass is 16.5. The molecule has 1 aliphatic heterocycles. The molecular weight excluding hydrogens is 368 g/mol. The molecule has 0 aromatic carbocycles. The Balaban J connectivity index is 1.45. The van der Waals surface area contributed by atoms with E-state index in [0.29, 0.717) is 29.9 Å². The molecule has 3 aromatic heterocycles. The zero-order valence-electron chi connectivity index (χ0n) is 16.5. The highest BCUT2D eigenvalue weighted by Crippen LogP contribution is 2.46. The SMILES string of the molecule is Cc1cc(C(=O)N2CCCC(CC3CC3)(c3noc(-c4cccnc4)n3)C2)n[nH]1. The smallest absolute Gasteiger partial charge is 0.274 e. The van der Waals surface area contributed by atoms with Gasteiger partial charge in [-0.3, -0.25) is 14.9 Å². The third-order valence-electron chi connectivity index (χ3n) is 5.97. The molecule has 4 heterocycles. The predicted octanol–water partition coefficient (Wildman–Crippen LogP) is 3.14. The molecular formula is C21H24N6O2. The van der Waals surface area contributed by atoms with Gasteiger partial charge in [-0.25, -0.2) is 0 Å². The molecule has 5 rings (SSSR count). The number of H-pyrrole nitrogens is 1. The number of nitrogens with zero attached hydrogens (tertiary/aromatic N) is 5. The summed E-state index contributed by atoms with van der Waals surface area (Å²) < 4.78 is 5.59. The standard InChI is InChI=1S/C21H24N6O2/c1-14-10-17(25-24-14)19(28)27-9-3-7-21(13-27,11-15-5-6-15)20-23-18(29-26-20)16-4-2-8-22-12-16/h2,4,8,10,12,15H,3,5-7,9,11,13H2,1H3,(H,24,25). The maximum atomic E-state index is 13.0. The molecule has 0 radical (unpaired) electrons. The molecule has 2 fully saturated rings. The maximum Gasteiger partial charge on any atom is 0.274 e. The molecule has 8 heteroatoms. The third kappa shape index (κ3) is 3.54. The van der Waals surface area contributed by atoms with Crippen LogP contribution in [-0.4, -0.2) is 49.2 Å². The van der Waals surface area contributed by atoms with Gasteiger partial charge in [-0.15, -0.1) is 0 Å². The number of aromatic nitrogens is 5. The summed E-state index contributed by atoms with van der Waals surface area (Å²) in [6, 6.07) is 5.56. The average Bonchev–Trinajstić information content (AvgIpc) is 3.23. The molecule has 1 aliphatic carbocycles. The minimum Gasteiger partial charge on any atom is -0.336 e. The van der Waals surface area contributed by atoms with Crippen molar-refractivity contribution >= 4 is 5.91 Å². The third-order valence-corrected chi connectivity index (χ3v) is 5.97. The Morgan fingerprint density at radius 2 is 2.31 bits per heavy atom. The zero-order valence-corrected chi connectivity index (χ0v) is 16.5. The van der Waals surface area contributed by atoms with Gasteiger partial charge >= 0.3 is 0 Å². The molecule has 8 nitrogen and oxygen atoms in total. The van der Waals surface area contributed by atoms with Gasteiger partial charge in [0.2, 0.25) is 0 Å². The normalized spacial score (nSPS) is 22.0. The Hall–Kier alpha value is -3.03. The van der Waals surface area contributed by atoms with Crippen LogP contribution in [0.4, 0.5) is 0 Å². The lowest BCUT2D eigenvalue weighted by molar-refractivity contribution is 0.0601. The van der Waals surface area contributed by atoms with E-state index in [4.69, 9.17) is 9.51 Å². The van der Waals surface area contributed by atoms with Gasteiger partial charge in [-0.1, -0.05) is 18.0 Å². The summed E-state index contributed by atoms with van der Waals surface area (Å²) in [5.41, 5.74) is 1.89. The van der Waals surface area contributed by atoms with Gasteiger partial charge in [0, 0.05) is 31.2 Å². The van der Waals surface area contributed by atoms with Crippen molar-refractivity contribution in [3.05, 3.63) is 47.8 Å². The van der Waals surface area contributed by atoms with Gasteiger partial charge in [0.05, 0.1) is 11.0 Å². The number of piperidine rings is 1. The van der Waals surface area contributed by atoms with E-state index in [1.54, 1.807) is 18.5 Å². The Labute approximate surface area is 168 Å². The monoisotopic (exact) mass is 392 g/mol. The second-order valence-electron chi connectivity index (χ2n) is 8.36. The Morgan fingerprint density at radius 1 is 1.41 bits per heavy atom. The van der Waals surface area contributed by atoms with Crippen molar-refractivity contribution in [1.29, 1.82) is 0 Å². The molecule has 150 valence electrons. The van der Waals surface area contributed by atoms with Crippen LogP contribution in [0.25, 0.3) is 11.5 Å². The number of carbonyl (C=O) groups is 1. The van der Waals surface area contributed by atoms with Crippen LogP contribution in [0.5, 0.6) is 0 Å². The fourth-order valence-corrected chi connectivity index (χ4v) is 4.36. The van der Waals surface area contributed by atoms with Crippen LogP contribution in [0.3, 0.4) is 0 Å². The van der Waals surface area contributed by atoms with Gasteiger partial charge in [0.1, 0.15) is 5.69 Å². The first-order valence-electron chi connectivity index (χ1n) is 10.2. The lowest BCUT2D eigenvalue weighted by Gasteiger charge is -2.41. The van der Waals surface area contributed by atoms with E-state index in [1.807, 2.05) is 24.0 Å². The lowest BCUT2D eigenvalue weighted by atomic mass is 9.74. The van der Waals surface area contributed by atoms with Crippen LogP contribution >= 0.6 is 0 Å². The average molecular weight is 392 g/mol. The fourth-order valence-electron chi connectivity index (χ4n) is 4.36. The number of aryl methyl sites for hydroxylation is 1.